The molecule has 4 nitrogen and oxygen atoms in total. The van der Waals surface area contributed by atoms with Crippen LogP contribution >= 0.6 is 0 Å². The number of hydrogen-bond donors (Lipinski definition) is 0. The monoisotopic (exact) mass is 345 g/mol. The minimum Gasteiger partial charge on any atom is -0.338 e. The Hall–Kier alpha value is -2.62. The van der Waals surface area contributed by atoms with Crippen LogP contribution < -0.4 is 0 Å². The number of rotatable bonds is 2. The van der Waals surface area contributed by atoms with Crippen LogP contribution in [0.15, 0.2) is 48.5 Å². The summed E-state index contributed by atoms with van der Waals surface area (Å²) in [5.41, 5.74) is 4.81. The maximum atomic E-state index is 13.1. The van der Waals surface area contributed by atoms with E-state index in [1.165, 1.54) is 16.6 Å². The zero-order chi connectivity index (χ0) is 17.7. The Morgan fingerprint density at radius 2 is 1.85 bits per heavy atom. The second-order valence-corrected chi connectivity index (χ2v) is 7.56. The molecule has 0 N–H and O–H groups in total. The first-order valence-corrected chi connectivity index (χ1v) is 9.52. The van der Waals surface area contributed by atoms with Gasteiger partial charge in [0.25, 0.3) is 0 Å². The lowest BCUT2D eigenvalue weighted by Crippen LogP contribution is -2.52. The molecule has 1 saturated heterocycles. The standard InChI is InChI=1S/C22H23N3O/c1-15-23-20-11-4-5-12-21(20)25(15)17-13-24(14-17)22(26)19-10-6-8-16-7-2-3-9-18(16)19/h2-5,7,9,11-12,17,19H,6,8,10,13-14H2,1H3. The molecule has 0 bridgehead atoms. The molecule has 1 aromatic heterocycles. The van der Waals surface area contributed by atoms with Gasteiger partial charge in [0.15, 0.2) is 0 Å². The SMILES string of the molecule is Cc1nc2ccccc2n1C1CN(C(=O)C2CCCc3ccccc32)C1. The molecule has 3 aromatic rings. The average Bonchev–Trinajstić information content (AvgIpc) is 2.96. The van der Waals surface area contributed by atoms with Gasteiger partial charge in [0.05, 0.1) is 23.0 Å². The van der Waals surface area contributed by atoms with E-state index in [-0.39, 0.29) is 5.92 Å². The van der Waals surface area contributed by atoms with Crippen molar-refractivity contribution in [2.24, 2.45) is 0 Å². The van der Waals surface area contributed by atoms with Gasteiger partial charge in [-0.3, -0.25) is 4.79 Å². The molecule has 132 valence electrons. The predicted octanol–water partition coefficient (Wildman–Crippen LogP) is 3.85. The zero-order valence-electron chi connectivity index (χ0n) is 15.1. The van der Waals surface area contributed by atoms with Crippen LogP contribution in [0.3, 0.4) is 0 Å². The molecule has 1 aliphatic carbocycles. The second kappa shape index (κ2) is 5.97. The number of aromatic nitrogens is 2. The molecule has 2 heterocycles. The van der Waals surface area contributed by atoms with Gasteiger partial charge in [0.1, 0.15) is 5.82 Å². The molecule has 1 fully saturated rings. The minimum atomic E-state index is 0.0431. The van der Waals surface area contributed by atoms with Gasteiger partial charge in [0, 0.05) is 13.1 Å². The summed E-state index contributed by atoms with van der Waals surface area (Å²) in [5, 5.41) is 0. The van der Waals surface area contributed by atoms with E-state index in [2.05, 4.69) is 58.9 Å². The summed E-state index contributed by atoms with van der Waals surface area (Å²) in [6.07, 6.45) is 3.18. The lowest BCUT2D eigenvalue weighted by atomic mass is 9.81. The van der Waals surface area contributed by atoms with Crippen molar-refractivity contribution >= 4 is 16.9 Å². The molecule has 26 heavy (non-hydrogen) atoms. The van der Waals surface area contributed by atoms with E-state index in [9.17, 15) is 4.79 Å². The number of likely N-dealkylation sites (tertiary alicyclic amines) is 1. The van der Waals surface area contributed by atoms with Crippen LogP contribution in [0, 0.1) is 6.92 Å². The Balaban J connectivity index is 1.36. The molecule has 2 aromatic carbocycles. The minimum absolute atomic E-state index is 0.0431. The lowest BCUT2D eigenvalue weighted by Gasteiger charge is -2.43. The largest absolute Gasteiger partial charge is 0.338 e. The first-order valence-electron chi connectivity index (χ1n) is 9.52. The van der Waals surface area contributed by atoms with Crippen molar-refractivity contribution < 1.29 is 4.79 Å². The van der Waals surface area contributed by atoms with Gasteiger partial charge >= 0.3 is 0 Å². The average molecular weight is 345 g/mol. The number of hydrogen-bond acceptors (Lipinski definition) is 2. The van der Waals surface area contributed by atoms with E-state index in [4.69, 9.17) is 0 Å². The number of imidazole rings is 1. The summed E-state index contributed by atoms with van der Waals surface area (Å²) in [6, 6.07) is 17.1. The van der Waals surface area contributed by atoms with Crippen molar-refractivity contribution in [2.75, 3.05) is 13.1 Å². The van der Waals surface area contributed by atoms with Gasteiger partial charge in [-0.05, 0) is 49.4 Å². The third kappa shape index (κ3) is 2.36. The molecule has 0 spiro atoms. The fourth-order valence-corrected chi connectivity index (χ4v) is 4.66. The van der Waals surface area contributed by atoms with E-state index in [0.717, 1.165) is 43.7 Å². The zero-order valence-corrected chi connectivity index (χ0v) is 15.1. The lowest BCUT2D eigenvalue weighted by molar-refractivity contribution is -0.139. The summed E-state index contributed by atoms with van der Waals surface area (Å²) in [4.78, 5) is 19.8. The molecule has 4 heteroatoms. The van der Waals surface area contributed by atoms with E-state index in [1.807, 2.05) is 11.0 Å². The van der Waals surface area contributed by atoms with Crippen LogP contribution in [0.5, 0.6) is 0 Å². The predicted molar refractivity (Wildman–Crippen MR) is 102 cm³/mol. The molecule has 2 aliphatic rings. The highest BCUT2D eigenvalue weighted by Crippen LogP contribution is 2.36. The Bertz CT molecular complexity index is 984. The normalized spacial score (nSPS) is 20.0. The summed E-state index contributed by atoms with van der Waals surface area (Å²) in [5.74, 6) is 1.38. The number of carbonyl (C=O) groups is 1. The van der Waals surface area contributed by atoms with Crippen molar-refractivity contribution in [2.45, 2.75) is 38.1 Å². The van der Waals surface area contributed by atoms with Crippen LogP contribution in [0.25, 0.3) is 11.0 Å². The van der Waals surface area contributed by atoms with Gasteiger partial charge in [-0.2, -0.15) is 0 Å². The molecular weight excluding hydrogens is 322 g/mol. The van der Waals surface area contributed by atoms with Crippen LogP contribution in [-0.4, -0.2) is 33.4 Å². The quantitative estimate of drug-likeness (QED) is 0.708. The van der Waals surface area contributed by atoms with Crippen molar-refractivity contribution in [1.82, 2.24) is 14.5 Å². The maximum absolute atomic E-state index is 13.1. The van der Waals surface area contributed by atoms with Gasteiger partial charge in [-0.15, -0.1) is 0 Å². The molecule has 1 atom stereocenters. The van der Waals surface area contributed by atoms with E-state index in [1.54, 1.807) is 0 Å². The molecule has 1 aliphatic heterocycles. The number of fused-ring (bicyclic) bond motifs is 2. The topological polar surface area (TPSA) is 38.1 Å². The summed E-state index contributed by atoms with van der Waals surface area (Å²) < 4.78 is 2.30. The highest BCUT2D eigenvalue weighted by molar-refractivity contribution is 5.85. The van der Waals surface area contributed by atoms with Crippen molar-refractivity contribution in [1.29, 1.82) is 0 Å². The van der Waals surface area contributed by atoms with Crippen molar-refractivity contribution in [3.63, 3.8) is 0 Å². The molecule has 1 amide bonds. The number of benzene rings is 2. The number of carbonyl (C=O) groups excluding carboxylic acids is 1. The van der Waals surface area contributed by atoms with Crippen LogP contribution in [0.2, 0.25) is 0 Å². The van der Waals surface area contributed by atoms with Gasteiger partial charge in [0.2, 0.25) is 5.91 Å². The van der Waals surface area contributed by atoms with E-state index in [0.29, 0.717) is 11.9 Å². The smallest absolute Gasteiger partial charge is 0.230 e. The first kappa shape index (κ1) is 15.6. The Labute approximate surface area is 153 Å². The second-order valence-electron chi connectivity index (χ2n) is 7.56. The Morgan fingerprint density at radius 1 is 1.08 bits per heavy atom. The maximum Gasteiger partial charge on any atom is 0.230 e. The van der Waals surface area contributed by atoms with Crippen LogP contribution in [0.4, 0.5) is 0 Å². The summed E-state index contributed by atoms with van der Waals surface area (Å²) >= 11 is 0. The molecule has 0 radical (unpaired) electrons. The van der Waals surface area contributed by atoms with Crippen LogP contribution in [-0.2, 0) is 11.2 Å². The fourth-order valence-electron chi connectivity index (χ4n) is 4.66. The molecular formula is C22H23N3O. The highest BCUT2D eigenvalue weighted by atomic mass is 16.2. The Kier molecular flexibility index (Phi) is 3.59. The van der Waals surface area contributed by atoms with E-state index >= 15 is 0 Å². The third-order valence-corrected chi connectivity index (χ3v) is 5.98. The third-order valence-electron chi connectivity index (χ3n) is 5.98. The fraction of sp³-hybridized carbons (Fsp3) is 0.364. The van der Waals surface area contributed by atoms with Crippen molar-refractivity contribution in [3.05, 3.63) is 65.5 Å². The first-order chi connectivity index (χ1) is 12.7. The summed E-state index contributed by atoms with van der Waals surface area (Å²) in [6.45, 7) is 3.64. The number of aryl methyl sites for hydroxylation is 2. The van der Waals surface area contributed by atoms with Crippen molar-refractivity contribution in [3.8, 4) is 0 Å². The number of nitrogens with zero attached hydrogens (tertiary/aromatic N) is 3. The number of para-hydroxylation sites is 2. The highest BCUT2D eigenvalue weighted by Gasteiger charge is 2.38. The molecule has 1 unspecified atom stereocenters. The summed E-state index contributed by atoms with van der Waals surface area (Å²) in [7, 11) is 0. The Morgan fingerprint density at radius 3 is 2.73 bits per heavy atom. The van der Waals surface area contributed by atoms with Crippen LogP contribution in [0.1, 0.15) is 41.8 Å². The molecule has 5 rings (SSSR count). The van der Waals surface area contributed by atoms with Gasteiger partial charge in [-0.25, -0.2) is 4.98 Å². The molecule has 0 saturated carbocycles. The van der Waals surface area contributed by atoms with E-state index < -0.39 is 0 Å². The van der Waals surface area contributed by atoms with Gasteiger partial charge in [-0.1, -0.05) is 36.4 Å². The van der Waals surface area contributed by atoms with Gasteiger partial charge < -0.3 is 9.47 Å². The number of amides is 1.